The molecule has 0 aliphatic carbocycles. The number of hydrogen-bond acceptors (Lipinski definition) is 5. The lowest BCUT2D eigenvalue weighted by Gasteiger charge is -2.48. The molecule has 4 rings (SSSR count). The number of oxazole rings is 1. The summed E-state index contributed by atoms with van der Waals surface area (Å²) in [6.07, 6.45) is 2.03. The topological polar surface area (TPSA) is 58.8 Å². The van der Waals surface area contributed by atoms with Gasteiger partial charge in [0.2, 0.25) is 0 Å². The van der Waals surface area contributed by atoms with E-state index in [4.69, 9.17) is 9.15 Å². The molecule has 25 heavy (non-hydrogen) atoms. The van der Waals surface area contributed by atoms with E-state index in [1.807, 2.05) is 17.9 Å². The molecule has 0 unspecified atom stereocenters. The van der Waals surface area contributed by atoms with Crippen molar-refractivity contribution in [2.45, 2.75) is 25.4 Å². The number of fused-ring (bicyclic) bond motifs is 1. The molecule has 2 aromatic rings. The van der Waals surface area contributed by atoms with Gasteiger partial charge in [-0.3, -0.25) is 9.69 Å². The number of rotatable bonds is 3. The first-order valence-electron chi connectivity index (χ1n) is 8.88. The number of nitrogens with zero attached hydrogens (tertiary/aromatic N) is 3. The SMILES string of the molecule is CCc1ocnc1C(=O)N1CCN2[C@@H](COC[C@@H]2c2ccccc2)C1. The van der Waals surface area contributed by atoms with Crippen LogP contribution in [0.1, 0.15) is 34.8 Å². The lowest BCUT2D eigenvalue weighted by molar-refractivity contribution is -0.0771. The Labute approximate surface area is 147 Å². The van der Waals surface area contributed by atoms with Crippen molar-refractivity contribution >= 4 is 5.91 Å². The maximum absolute atomic E-state index is 12.8. The van der Waals surface area contributed by atoms with Gasteiger partial charge in [0.05, 0.1) is 25.3 Å². The minimum absolute atomic E-state index is 0.0351. The molecule has 3 heterocycles. The maximum Gasteiger partial charge on any atom is 0.276 e. The molecule has 2 fully saturated rings. The zero-order valence-electron chi connectivity index (χ0n) is 14.4. The predicted octanol–water partition coefficient (Wildman–Crippen LogP) is 2.13. The maximum atomic E-state index is 12.8. The van der Waals surface area contributed by atoms with Gasteiger partial charge in [0.25, 0.3) is 5.91 Å². The quantitative estimate of drug-likeness (QED) is 0.856. The Morgan fingerprint density at radius 3 is 2.88 bits per heavy atom. The third-order valence-corrected chi connectivity index (χ3v) is 5.15. The summed E-state index contributed by atoms with van der Waals surface area (Å²) in [5.41, 5.74) is 1.73. The highest BCUT2D eigenvalue weighted by atomic mass is 16.5. The second kappa shape index (κ2) is 6.98. The Hall–Kier alpha value is -2.18. The van der Waals surface area contributed by atoms with Crippen LogP contribution in [0.4, 0.5) is 0 Å². The Kier molecular flexibility index (Phi) is 4.55. The van der Waals surface area contributed by atoms with Crippen LogP contribution in [-0.4, -0.2) is 59.6 Å². The number of piperazine rings is 1. The van der Waals surface area contributed by atoms with Crippen LogP contribution in [0, 0.1) is 0 Å². The molecule has 0 saturated carbocycles. The van der Waals surface area contributed by atoms with E-state index in [1.54, 1.807) is 0 Å². The van der Waals surface area contributed by atoms with Gasteiger partial charge in [0.1, 0.15) is 5.76 Å². The van der Waals surface area contributed by atoms with Crippen LogP contribution in [0.2, 0.25) is 0 Å². The minimum Gasteiger partial charge on any atom is -0.448 e. The van der Waals surface area contributed by atoms with Crippen LogP contribution < -0.4 is 0 Å². The first kappa shape index (κ1) is 16.3. The summed E-state index contributed by atoms with van der Waals surface area (Å²) in [6.45, 7) is 5.55. The third-order valence-electron chi connectivity index (χ3n) is 5.15. The molecule has 0 N–H and O–H groups in total. The van der Waals surface area contributed by atoms with Crippen molar-refractivity contribution < 1.29 is 13.9 Å². The molecule has 0 radical (unpaired) electrons. The van der Waals surface area contributed by atoms with E-state index in [-0.39, 0.29) is 18.0 Å². The number of amides is 1. The van der Waals surface area contributed by atoms with Crippen molar-refractivity contribution in [1.82, 2.24) is 14.8 Å². The summed E-state index contributed by atoms with van der Waals surface area (Å²) in [5.74, 6) is 0.626. The molecule has 2 atom stereocenters. The third kappa shape index (κ3) is 3.07. The number of aryl methyl sites for hydroxylation is 1. The standard InChI is InChI=1S/C19H23N3O3/c1-2-17-18(20-13-25-17)19(23)21-8-9-22-15(10-21)11-24-12-16(22)14-6-4-3-5-7-14/h3-7,13,15-16H,2,8-12H2,1H3/t15-,16-/m1/s1. The van der Waals surface area contributed by atoms with Gasteiger partial charge in [-0.2, -0.15) is 0 Å². The lowest BCUT2D eigenvalue weighted by atomic mass is 10.00. The van der Waals surface area contributed by atoms with Gasteiger partial charge in [-0.05, 0) is 5.56 Å². The number of ether oxygens (including phenoxy) is 1. The molecule has 2 saturated heterocycles. The van der Waals surface area contributed by atoms with E-state index in [0.29, 0.717) is 44.2 Å². The molecule has 6 heteroatoms. The largest absolute Gasteiger partial charge is 0.448 e. The Morgan fingerprint density at radius 2 is 2.08 bits per heavy atom. The second-order valence-electron chi connectivity index (χ2n) is 6.58. The number of benzene rings is 1. The van der Waals surface area contributed by atoms with Crippen molar-refractivity contribution in [3.8, 4) is 0 Å². The predicted molar refractivity (Wildman–Crippen MR) is 92.3 cm³/mol. The monoisotopic (exact) mass is 341 g/mol. The number of hydrogen-bond donors (Lipinski definition) is 0. The van der Waals surface area contributed by atoms with Crippen LogP contribution in [0.25, 0.3) is 0 Å². The van der Waals surface area contributed by atoms with Gasteiger partial charge in [0, 0.05) is 26.1 Å². The Morgan fingerprint density at radius 1 is 1.24 bits per heavy atom. The lowest BCUT2D eigenvalue weighted by Crippen LogP contribution is -2.60. The molecule has 1 aromatic heterocycles. The highest BCUT2D eigenvalue weighted by Gasteiger charge is 2.38. The van der Waals surface area contributed by atoms with Gasteiger partial charge < -0.3 is 14.1 Å². The van der Waals surface area contributed by atoms with Gasteiger partial charge in [-0.25, -0.2) is 4.98 Å². The Balaban J connectivity index is 1.49. The van der Waals surface area contributed by atoms with Crippen molar-refractivity contribution in [2.24, 2.45) is 0 Å². The minimum atomic E-state index is -0.0351. The fourth-order valence-electron chi connectivity index (χ4n) is 3.83. The molecule has 2 aliphatic rings. The summed E-state index contributed by atoms with van der Waals surface area (Å²) in [7, 11) is 0. The van der Waals surface area contributed by atoms with E-state index >= 15 is 0 Å². The van der Waals surface area contributed by atoms with E-state index in [1.165, 1.54) is 12.0 Å². The van der Waals surface area contributed by atoms with Crippen molar-refractivity contribution in [1.29, 1.82) is 0 Å². The molecule has 1 amide bonds. The molecule has 2 aliphatic heterocycles. The summed E-state index contributed by atoms with van der Waals surface area (Å²) < 4.78 is 11.2. The van der Waals surface area contributed by atoms with Crippen molar-refractivity contribution in [3.05, 3.63) is 53.7 Å². The van der Waals surface area contributed by atoms with Crippen LogP contribution in [-0.2, 0) is 11.2 Å². The highest BCUT2D eigenvalue weighted by Crippen LogP contribution is 2.30. The van der Waals surface area contributed by atoms with Crippen molar-refractivity contribution in [3.63, 3.8) is 0 Å². The van der Waals surface area contributed by atoms with Gasteiger partial charge in [0.15, 0.2) is 12.1 Å². The average molecular weight is 341 g/mol. The number of aromatic nitrogens is 1. The van der Waals surface area contributed by atoms with Gasteiger partial charge >= 0.3 is 0 Å². The average Bonchev–Trinajstić information content (AvgIpc) is 3.16. The van der Waals surface area contributed by atoms with Crippen LogP contribution in [0.15, 0.2) is 41.1 Å². The smallest absolute Gasteiger partial charge is 0.276 e. The highest BCUT2D eigenvalue weighted by molar-refractivity contribution is 5.93. The molecule has 0 bridgehead atoms. The first-order chi connectivity index (χ1) is 12.3. The number of morpholine rings is 1. The van der Waals surface area contributed by atoms with E-state index in [9.17, 15) is 4.79 Å². The Bertz CT molecular complexity index is 731. The number of carbonyl (C=O) groups is 1. The zero-order chi connectivity index (χ0) is 17.2. The van der Waals surface area contributed by atoms with Gasteiger partial charge in [-0.1, -0.05) is 37.3 Å². The zero-order valence-corrected chi connectivity index (χ0v) is 14.4. The molecular formula is C19H23N3O3. The van der Waals surface area contributed by atoms with Crippen molar-refractivity contribution in [2.75, 3.05) is 32.8 Å². The van der Waals surface area contributed by atoms with Crippen LogP contribution in [0.5, 0.6) is 0 Å². The summed E-state index contributed by atoms with van der Waals surface area (Å²) in [5, 5.41) is 0. The normalized spacial score (nSPS) is 24.1. The second-order valence-corrected chi connectivity index (χ2v) is 6.58. The fraction of sp³-hybridized carbons (Fsp3) is 0.474. The molecule has 0 spiro atoms. The van der Waals surface area contributed by atoms with Gasteiger partial charge in [-0.15, -0.1) is 0 Å². The summed E-state index contributed by atoms with van der Waals surface area (Å²) in [6, 6.07) is 10.9. The summed E-state index contributed by atoms with van der Waals surface area (Å²) in [4.78, 5) is 21.3. The first-order valence-corrected chi connectivity index (χ1v) is 8.88. The fourth-order valence-corrected chi connectivity index (χ4v) is 3.83. The van der Waals surface area contributed by atoms with E-state index in [0.717, 1.165) is 6.54 Å². The molecule has 6 nitrogen and oxygen atoms in total. The summed E-state index contributed by atoms with van der Waals surface area (Å²) >= 11 is 0. The molecule has 132 valence electrons. The van der Waals surface area contributed by atoms with Crippen LogP contribution >= 0.6 is 0 Å². The van der Waals surface area contributed by atoms with Crippen LogP contribution in [0.3, 0.4) is 0 Å². The molecular weight excluding hydrogens is 318 g/mol. The number of carbonyl (C=O) groups excluding carboxylic acids is 1. The van der Waals surface area contributed by atoms with E-state index < -0.39 is 0 Å². The van der Waals surface area contributed by atoms with E-state index in [2.05, 4.69) is 34.1 Å². The molecule has 1 aromatic carbocycles.